The molecule has 2 N–H and O–H groups in total. The number of carbonyl (C=O) groups is 2. The highest BCUT2D eigenvalue weighted by atomic mass is 19.1. The molecule has 2 aromatic rings. The molecule has 0 saturated carbocycles. The molecule has 1 amide bonds. The number of anilines is 1. The van der Waals surface area contributed by atoms with E-state index in [-0.39, 0.29) is 11.5 Å². The van der Waals surface area contributed by atoms with Gasteiger partial charge in [-0.05, 0) is 49.6 Å². The molecule has 0 spiro atoms. The highest BCUT2D eigenvalue weighted by molar-refractivity contribution is 6.09. The van der Waals surface area contributed by atoms with E-state index >= 15 is 0 Å². The average molecular weight is 421 g/mol. The summed E-state index contributed by atoms with van der Waals surface area (Å²) >= 11 is 0. The number of nitro benzene ring substituents is 1. The van der Waals surface area contributed by atoms with Gasteiger partial charge in [0.05, 0.1) is 4.92 Å². The van der Waals surface area contributed by atoms with E-state index in [0.29, 0.717) is 47.4 Å². The van der Waals surface area contributed by atoms with Crippen molar-refractivity contribution < 1.29 is 18.9 Å². The Labute approximate surface area is 177 Å². The number of dihydropyridines is 1. The highest BCUT2D eigenvalue weighted by Gasteiger charge is 2.38. The number of non-ortho nitro benzene ring substituents is 1. The maximum atomic E-state index is 13.3. The predicted octanol–water partition coefficient (Wildman–Crippen LogP) is 4.34. The van der Waals surface area contributed by atoms with Gasteiger partial charge in [-0.15, -0.1) is 0 Å². The van der Waals surface area contributed by atoms with Gasteiger partial charge in [-0.2, -0.15) is 0 Å². The van der Waals surface area contributed by atoms with Crippen LogP contribution in [-0.2, 0) is 9.59 Å². The molecule has 8 heteroatoms. The Bertz CT molecular complexity index is 1150. The van der Waals surface area contributed by atoms with Gasteiger partial charge < -0.3 is 10.6 Å². The number of benzene rings is 2. The largest absolute Gasteiger partial charge is 0.362 e. The zero-order valence-electron chi connectivity index (χ0n) is 16.8. The maximum absolute atomic E-state index is 13.3. The lowest BCUT2D eigenvalue weighted by Gasteiger charge is -2.34. The fourth-order valence-electron chi connectivity index (χ4n) is 4.17. The van der Waals surface area contributed by atoms with E-state index in [1.807, 2.05) is 0 Å². The van der Waals surface area contributed by atoms with Crippen molar-refractivity contribution in [1.29, 1.82) is 0 Å². The van der Waals surface area contributed by atoms with Crippen LogP contribution < -0.4 is 10.6 Å². The minimum atomic E-state index is -0.732. The van der Waals surface area contributed by atoms with Crippen LogP contribution >= 0.6 is 0 Å². The third kappa shape index (κ3) is 3.96. The monoisotopic (exact) mass is 421 g/mol. The minimum absolute atomic E-state index is 0.0789. The van der Waals surface area contributed by atoms with Crippen molar-refractivity contribution in [3.05, 3.63) is 92.6 Å². The van der Waals surface area contributed by atoms with Crippen LogP contribution in [-0.4, -0.2) is 16.6 Å². The Hall–Kier alpha value is -3.81. The van der Waals surface area contributed by atoms with Crippen molar-refractivity contribution >= 4 is 23.1 Å². The Morgan fingerprint density at radius 2 is 1.94 bits per heavy atom. The fraction of sp³-hybridized carbons (Fsp3) is 0.217. The molecule has 0 saturated heterocycles. The van der Waals surface area contributed by atoms with Crippen molar-refractivity contribution in [2.75, 3.05) is 5.32 Å². The molecule has 2 aromatic carbocycles. The molecule has 0 radical (unpaired) electrons. The summed E-state index contributed by atoms with van der Waals surface area (Å²) < 4.78 is 13.2. The first-order chi connectivity index (χ1) is 14.8. The topological polar surface area (TPSA) is 101 Å². The van der Waals surface area contributed by atoms with E-state index in [1.54, 1.807) is 19.1 Å². The van der Waals surface area contributed by atoms with Gasteiger partial charge in [0.2, 0.25) is 0 Å². The summed E-state index contributed by atoms with van der Waals surface area (Å²) in [5, 5.41) is 17.3. The molecule has 0 fully saturated rings. The fourth-order valence-corrected chi connectivity index (χ4v) is 4.17. The van der Waals surface area contributed by atoms with Crippen LogP contribution in [0, 0.1) is 15.9 Å². The SMILES string of the molecule is CC1=C(C(=O)Nc2ccc(F)cc2)C(c2cccc([N+](=O)[O-])c2)C2=C(CCCC2=O)N1. The Balaban J connectivity index is 1.80. The van der Waals surface area contributed by atoms with Crippen molar-refractivity contribution in [3.8, 4) is 0 Å². The van der Waals surface area contributed by atoms with Gasteiger partial charge >= 0.3 is 0 Å². The number of Topliss-reactive ketones (excluding diaryl/α,β-unsaturated/α-hetero) is 1. The van der Waals surface area contributed by atoms with E-state index < -0.39 is 22.6 Å². The van der Waals surface area contributed by atoms with Crippen LogP contribution in [0.25, 0.3) is 0 Å². The molecule has 2 aliphatic rings. The lowest BCUT2D eigenvalue weighted by molar-refractivity contribution is -0.384. The lowest BCUT2D eigenvalue weighted by atomic mass is 9.75. The molecular formula is C23H20FN3O4. The van der Waals surface area contributed by atoms with Gasteiger partial charge in [0, 0.05) is 52.7 Å². The first-order valence-electron chi connectivity index (χ1n) is 9.90. The molecule has 31 heavy (non-hydrogen) atoms. The van der Waals surface area contributed by atoms with Gasteiger partial charge in [0.1, 0.15) is 5.82 Å². The van der Waals surface area contributed by atoms with Crippen LogP contribution in [0.15, 0.2) is 71.1 Å². The summed E-state index contributed by atoms with van der Waals surface area (Å²) in [7, 11) is 0. The van der Waals surface area contributed by atoms with Crippen molar-refractivity contribution in [3.63, 3.8) is 0 Å². The van der Waals surface area contributed by atoms with E-state index in [4.69, 9.17) is 0 Å². The molecule has 1 unspecified atom stereocenters. The Morgan fingerprint density at radius 1 is 1.19 bits per heavy atom. The van der Waals surface area contributed by atoms with E-state index in [2.05, 4.69) is 10.6 Å². The number of nitrogens with zero attached hydrogens (tertiary/aromatic N) is 1. The number of allylic oxidation sites excluding steroid dienone is 3. The maximum Gasteiger partial charge on any atom is 0.269 e. The van der Waals surface area contributed by atoms with Crippen molar-refractivity contribution in [2.45, 2.75) is 32.1 Å². The molecule has 1 aliphatic carbocycles. The van der Waals surface area contributed by atoms with Crippen LogP contribution in [0.3, 0.4) is 0 Å². The minimum Gasteiger partial charge on any atom is -0.362 e. The van der Waals surface area contributed by atoms with Crippen molar-refractivity contribution in [2.24, 2.45) is 0 Å². The molecule has 1 atom stereocenters. The Kier molecular flexibility index (Phi) is 5.37. The second-order valence-electron chi connectivity index (χ2n) is 7.58. The average Bonchev–Trinajstić information content (AvgIpc) is 2.74. The first kappa shape index (κ1) is 20.5. The predicted molar refractivity (Wildman–Crippen MR) is 113 cm³/mol. The zero-order valence-corrected chi connectivity index (χ0v) is 16.8. The number of hydrogen-bond donors (Lipinski definition) is 2. The van der Waals surface area contributed by atoms with E-state index in [1.165, 1.54) is 36.4 Å². The van der Waals surface area contributed by atoms with Gasteiger partial charge in [-0.3, -0.25) is 19.7 Å². The number of nitro groups is 1. The third-order valence-electron chi connectivity index (χ3n) is 5.54. The summed E-state index contributed by atoms with van der Waals surface area (Å²) in [5.41, 5.74) is 2.90. The summed E-state index contributed by atoms with van der Waals surface area (Å²) in [4.78, 5) is 37.0. The number of halogens is 1. The molecule has 0 bridgehead atoms. The molecule has 1 heterocycles. The Morgan fingerprint density at radius 3 is 2.65 bits per heavy atom. The number of hydrogen-bond acceptors (Lipinski definition) is 5. The van der Waals surface area contributed by atoms with E-state index in [0.717, 1.165) is 5.70 Å². The summed E-state index contributed by atoms with van der Waals surface area (Å²) in [6, 6.07) is 11.4. The third-order valence-corrected chi connectivity index (χ3v) is 5.54. The van der Waals surface area contributed by atoms with Gasteiger partial charge in [-0.25, -0.2) is 4.39 Å². The number of rotatable bonds is 4. The molecular weight excluding hydrogens is 401 g/mol. The standard InChI is InChI=1S/C23H20FN3O4/c1-13-20(23(29)26-16-10-8-15(24)9-11-16)21(14-4-2-5-17(12-14)27(30)31)22-18(25-13)6-3-7-19(22)28/h2,4-5,8-12,21,25H,3,6-7H2,1H3,(H,26,29). The molecule has 7 nitrogen and oxygen atoms in total. The lowest BCUT2D eigenvalue weighted by Crippen LogP contribution is -2.35. The second kappa shape index (κ2) is 8.14. The molecule has 0 aromatic heterocycles. The smallest absolute Gasteiger partial charge is 0.269 e. The number of nitrogens with one attached hydrogen (secondary N) is 2. The number of carbonyl (C=O) groups excluding carboxylic acids is 2. The number of ketones is 1. The van der Waals surface area contributed by atoms with Gasteiger partial charge in [0.15, 0.2) is 5.78 Å². The van der Waals surface area contributed by atoms with E-state index in [9.17, 15) is 24.1 Å². The van der Waals surface area contributed by atoms with Gasteiger partial charge in [0.25, 0.3) is 11.6 Å². The normalized spacial score (nSPS) is 18.4. The van der Waals surface area contributed by atoms with Crippen molar-refractivity contribution in [1.82, 2.24) is 5.32 Å². The molecule has 1 aliphatic heterocycles. The summed E-state index contributed by atoms with van der Waals surface area (Å²) in [6.45, 7) is 1.74. The second-order valence-corrected chi connectivity index (χ2v) is 7.58. The van der Waals surface area contributed by atoms with Gasteiger partial charge in [-0.1, -0.05) is 12.1 Å². The summed E-state index contributed by atoms with van der Waals surface area (Å²) in [5.74, 6) is -1.70. The molecule has 4 rings (SSSR count). The summed E-state index contributed by atoms with van der Waals surface area (Å²) in [6.07, 6.45) is 1.73. The van der Waals surface area contributed by atoms with Crippen LogP contribution in [0.2, 0.25) is 0 Å². The van der Waals surface area contributed by atoms with Crippen LogP contribution in [0.5, 0.6) is 0 Å². The highest BCUT2D eigenvalue weighted by Crippen LogP contribution is 2.43. The number of amides is 1. The molecule has 158 valence electrons. The first-order valence-corrected chi connectivity index (χ1v) is 9.90. The quantitative estimate of drug-likeness (QED) is 0.565. The van der Waals surface area contributed by atoms with Crippen LogP contribution in [0.1, 0.15) is 37.7 Å². The van der Waals surface area contributed by atoms with Crippen LogP contribution in [0.4, 0.5) is 15.8 Å². The zero-order chi connectivity index (χ0) is 22.1.